The minimum atomic E-state index is -0.909. The van der Waals surface area contributed by atoms with Crippen LogP contribution in [-0.4, -0.2) is 49.1 Å². The summed E-state index contributed by atoms with van der Waals surface area (Å²) in [6, 6.07) is 6.21. The lowest BCUT2D eigenvalue weighted by molar-refractivity contribution is -0.137. The zero-order chi connectivity index (χ0) is 18.7. The van der Waals surface area contributed by atoms with Crippen molar-refractivity contribution >= 4 is 17.8 Å². The molecule has 25 heavy (non-hydrogen) atoms. The Morgan fingerprint density at radius 1 is 1.16 bits per heavy atom. The molecule has 0 aliphatic rings. The summed E-state index contributed by atoms with van der Waals surface area (Å²) in [7, 11) is 1.54. The first-order valence-electron chi connectivity index (χ1n) is 8.08. The van der Waals surface area contributed by atoms with E-state index in [0.717, 1.165) is 6.42 Å². The summed E-state index contributed by atoms with van der Waals surface area (Å²) < 4.78 is 5.01. The molecule has 0 bridgehead atoms. The lowest BCUT2D eigenvalue weighted by Crippen LogP contribution is -2.37. The molecular formula is C17H25N3O5. The number of nitrogens with one attached hydrogen (secondary N) is 2. The van der Waals surface area contributed by atoms with E-state index in [-0.39, 0.29) is 30.8 Å². The molecule has 138 valence electrons. The van der Waals surface area contributed by atoms with Crippen LogP contribution in [0.25, 0.3) is 0 Å². The first kappa shape index (κ1) is 20.4. The van der Waals surface area contributed by atoms with Gasteiger partial charge in [0.15, 0.2) is 0 Å². The quantitative estimate of drug-likeness (QED) is 0.430. The van der Waals surface area contributed by atoms with Crippen LogP contribution in [0.5, 0.6) is 5.75 Å². The Hall–Kier alpha value is -2.61. The van der Waals surface area contributed by atoms with Crippen LogP contribution in [0.2, 0.25) is 0 Å². The van der Waals surface area contributed by atoms with Gasteiger partial charge in [-0.05, 0) is 37.1 Å². The van der Waals surface area contributed by atoms with Crippen LogP contribution in [0.4, 0.5) is 0 Å². The van der Waals surface area contributed by atoms with Gasteiger partial charge in [-0.2, -0.15) is 0 Å². The number of carbonyl (C=O) groups is 3. The maximum Gasteiger partial charge on any atom is 0.304 e. The number of aliphatic carboxylic acids is 1. The van der Waals surface area contributed by atoms with Gasteiger partial charge in [0.05, 0.1) is 20.1 Å². The van der Waals surface area contributed by atoms with E-state index in [9.17, 15) is 14.4 Å². The van der Waals surface area contributed by atoms with Gasteiger partial charge in [-0.1, -0.05) is 6.42 Å². The highest BCUT2D eigenvalue weighted by Crippen LogP contribution is 2.10. The standard InChI is InChI=1S/C17H25N3O5/c1-25-14-7-5-12(6-8-14)17(24)20-11-15(21)19-9-3-2-4-13(18)10-16(22)23/h5-8,13H,2-4,9-11,18H2,1H3,(H,19,21)(H,20,24)(H,22,23)/t13-/m1/s1. The SMILES string of the molecule is COc1ccc(C(=O)NCC(=O)NCCCC[C@@H](N)CC(=O)O)cc1. The molecule has 2 amide bonds. The number of amides is 2. The third kappa shape index (κ3) is 8.71. The first-order valence-corrected chi connectivity index (χ1v) is 8.08. The van der Waals surface area contributed by atoms with Gasteiger partial charge in [0.25, 0.3) is 5.91 Å². The molecule has 1 rings (SSSR count). The molecule has 0 fully saturated rings. The average molecular weight is 351 g/mol. The monoisotopic (exact) mass is 351 g/mol. The maximum atomic E-state index is 11.9. The Labute approximate surface area is 146 Å². The molecule has 1 aromatic carbocycles. The summed E-state index contributed by atoms with van der Waals surface area (Å²) in [6.45, 7) is 0.348. The molecule has 5 N–H and O–H groups in total. The summed E-state index contributed by atoms with van der Waals surface area (Å²) >= 11 is 0. The molecule has 0 radical (unpaired) electrons. The number of nitrogens with two attached hydrogens (primary N) is 1. The summed E-state index contributed by atoms with van der Waals surface area (Å²) in [6.07, 6.45) is 1.97. The summed E-state index contributed by atoms with van der Waals surface area (Å²) in [4.78, 5) is 34.0. The molecule has 0 aliphatic carbocycles. The van der Waals surface area contributed by atoms with Gasteiger partial charge in [0.2, 0.25) is 5.91 Å². The van der Waals surface area contributed by atoms with Crippen molar-refractivity contribution in [2.24, 2.45) is 5.73 Å². The normalized spacial score (nSPS) is 11.4. The number of unbranched alkanes of at least 4 members (excludes halogenated alkanes) is 1. The van der Waals surface area contributed by atoms with Gasteiger partial charge in [-0.3, -0.25) is 14.4 Å². The minimum Gasteiger partial charge on any atom is -0.497 e. The van der Waals surface area contributed by atoms with Crippen LogP contribution < -0.4 is 21.1 Å². The van der Waals surface area contributed by atoms with Crippen molar-refractivity contribution in [3.8, 4) is 5.75 Å². The van der Waals surface area contributed by atoms with E-state index in [1.165, 1.54) is 0 Å². The summed E-state index contributed by atoms with van der Waals surface area (Å²) in [5, 5.41) is 13.8. The molecule has 1 atom stereocenters. The van der Waals surface area contributed by atoms with Crippen LogP contribution in [-0.2, 0) is 9.59 Å². The molecule has 0 unspecified atom stereocenters. The number of benzene rings is 1. The lowest BCUT2D eigenvalue weighted by atomic mass is 10.1. The first-order chi connectivity index (χ1) is 11.9. The average Bonchev–Trinajstić information content (AvgIpc) is 2.58. The van der Waals surface area contributed by atoms with E-state index >= 15 is 0 Å². The molecular weight excluding hydrogens is 326 g/mol. The third-order valence-corrected chi connectivity index (χ3v) is 3.52. The topological polar surface area (TPSA) is 131 Å². The number of carboxylic acids is 1. The van der Waals surface area contributed by atoms with E-state index in [4.69, 9.17) is 15.6 Å². The number of ether oxygens (including phenoxy) is 1. The van der Waals surface area contributed by atoms with Crippen molar-refractivity contribution in [3.63, 3.8) is 0 Å². The molecule has 0 heterocycles. The Bertz CT molecular complexity index is 574. The third-order valence-electron chi connectivity index (χ3n) is 3.52. The lowest BCUT2D eigenvalue weighted by Gasteiger charge is -2.09. The van der Waals surface area contributed by atoms with Gasteiger partial charge in [-0.25, -0.2) is 0 Å². The fraction of sp³-hybridized carbons (Fsp3) is 0.471. The molecule has 0 saturated heterocycles. The number of rotatable bonds is 11. The van der Waals surface area contributed by atoms with Gasteiger partial charge in [0, 0.05) is 18.2 Å². The van der Waals surface area contributed by atoms with E-state index in [2.05, 4.69) is 10.6 Å². The zero-order valence-corrected chi connectivity index (χ0v) is 14.3. The predicted octanol–water partition coefficient (Wildman–Crippen LogP) is 0.514. The Morgan fingerprint density at radius 3 is 2.44 bits per heavy atom. The van der Waals surface area contributed by atoms with E-state index < -0.39 is 5.97 Å². The van der Waals surface area contributed by atoms with Crippen LogP contribution >= 0.6 is 0 Å². The molecule has 0 saturated carbocycles. The molecule has 0 aliphatic heterocycles. The van der Waals surface area contributed by atoms with Crippen molar-refractivity contribution in [3.05, 3.63) is 29.8 Å². The van der Waals surface area contributed by atoms with Crippen molar-refractivity contribution in [2.75, 3.05) is 20.2 Å². The Balaban J connectivity index is 2.15. The van der Waals surface area contributed by atoms with Crippen molar-refractivity contribution in [1.29, 1.82) is 0 Å². The molecule has 8 nitrogen and oxygen atoms in total. The van der Waals surface area contributed by atoms with Crippen molar-refractivity contribution in [2.45, 2.75) is 31.7 Å². The summed E-state index contributed by atoms with van der Waals surface area (Å²) in [5.41, 5.74) is 6.09. The van der Waals surface area contributed by atoms with Crippen molar-refractivity contribution in [1.82, 2.24) is 10.6 Å². The van der Waals surface area contributed by atoms with E-state index in [1.54, 1.807) is 31.4 Å². The van der Waals surface area contributed by atoms with E-state index in [1.807, 2.05) is 0 Å². The fourth-order valence-electron chi connectivity index (χ4n) is 2.15. The Morgan fingerprint density at radius 2 is 1.84 bits per heavy atom. The van der Waals surface area contributed by atoms with Gasteiger partial charge >= 0.3 is 5.97 Å². The Kier molecular flexibility index (Phi) is 9.02. The summed E-state index contributed by atoms with van der Waals surface area (Å²) in [5.74, 6) is -0.875. The largest absolute Gasteiger partial charge is 0.497 e. The fourth-order valence-corrected chi connectivity index (χ4v) is 2.15. The van der Waals surface area contributed by atoms with E-state index in [0.29, 0.717) is 30.7 Å². The molecule has 0 aromatic heterocycles. The van der Waals surface area contributed by atoms with Crippen LogP contribution in [0.3, 0.4) is 0 Å². The minimum absolute atomic E-state index is 0.0518. The number of hydrogen-bond acceptors (Lipinski definition) is 5. The number of methoxy groups -OCH3 is 1. The second-order valence-corrected chi connectivity index (χ2v) is 5.61. The van der Waals surface area contributed by atoms with Gasteiger partial charge in [-0.15, -0.1) is 0 Å². The van der Waals surface area contributed by atoms with Crippen molar-refractivity contribution < 1.29 is 24.2 Å². The highest BCUT2D eigenvalue weighted by Gasteiger charge is 2.09. The highest BCUT2D eigenvalue weighted by atomic mass is 16.5. The van der Waals surface area contributed by atoms with Gasteiger partial charge in [0.1, 0.15) is 5.75 Å². The molecule has 8 heteroatoms. The molecule has 0 spiro atoms. The number of carbonyl (C=O) groups excluding carboxylic acids is 2. The highest BCUT2D eigenvalue weighted by molar-refractivity contribution is 5.96. The van der Waals surface area contributed by atoms with Gasteiger partial charge < -0.3 is 26.2 Å². The van der Waals surface area contributed by atoms with Crippen LogP contribution in [0, 0.1) is 0 Å². The second-order valence-electron chi connectivity index (χ2n) is 5.61. The van der Waals surface area contributed by atoms with Crippen LogP contribution in [0.15, 0.2) is 24.3 Å². The molecule has 1 aromatic rings. The maximum absolute atomic E-state index is 11.9. The zero-order valence-electron chi connectivity index (χ0n) is 14.3. The second kappa shape index (κ2) is 11.0. The number of hydrogen-bond donors (Lipinski definition) is 4. The smallest absolute Gasteiger partial charge is 0.304 e. The number of carboxylic acid groups (broad SMARTS) is 1. The predicted molar refractivity (Wildman–Crippen MR) is 92.4 cm³/mol. The van der Waals surface area contributed by atoms with Crippen LogP contribution in [0.1, 0.15) is 36.0 Å².